The molecule has 1 atom stereocenters. The van der Waals surface area contributed by atoms with Crippen molar-refractivity contribution in [2.75, 3.05) is 5.32 Å². The van der Waals surface area contributed by atoms with Crippen LogP contribution in [0, 0.1) is 0 Å². The van der Waals surface area contributed by atoms with Crippen LogP contribution in [0.5, 0.6) is 0 Å². The van der Waals surface area contributed by atoms with E-state index >= 15 is 0 Å². The molecule has 0 saturated heterocycles. The zero-order valence-electron chi connectivity index (χ0n) is 11.2. The maximum absolute atomic E-state index is 5.33. The minimum atomic E-state index is 0.330. The van der Waals surface area contributed by atoms with E-state index in [1.54, 1.807) is 6.26 Å². The summed E-state index contributed by atoms with van der Waals surface area (Å²) in [7, 11) is 0. The molecule has 0 aliphatic heterocycles. The van der Waals surface area contributed by atoms with Crippen molar-refractivity contribution in [1.82, 2.24) is 9.97 Å². The van der Waals surface area contributed by atoms with Crippen LogP contribution < -0.4 is 5.32 Å². The number of anilines is 1. The molecular formula is C14H18BrN3O. The van der Waals surface area contributed by atoms with E-state index in [-0.39, 0.29) is 0 Å². The maximum Gasteiger partial charge on any atom is 0.131 e. The highest BCUT2D eigenvalue weighted by molar-refractivity contribution is 9.10. The maximum atomic E-state index is 5.33. The SMILES string of the molecule is CCc1nc(Br)cc(NC(C)CCc2ccco2)n1. The van der Waals surface area contributed by atoms with Gasteiger partial charge in [0.15, 0.2) is 0 Å². The zero-order chi connectivity index (χ0) is 13.7. The first kappa shape index (κ1) is 14.1. The quantitative estimate of drug-likeness (QED) is 0.821. The van der Waals surface area contributed by atoms with E-state index in [9.17, 15) is 0 Å². The van der Waals surface area contributed by atoms with Crippen molar-refractivity contribution in [2.45, 2.75) is 39.2 Å². The molecule has 2 heterocycles. The van der Waals surface area contributed by atoms with E-state index < -0.39 is 0 Å². The summed E-state index contributed by atoms with van der Waals surface area (Å²) < 4.78 is 6.15. The van der Waals surface area contributed by atoms with Crippen LogP contribution in [0.3, 0.4) is 0 Å². The summed E-state index contributed by atoms with van der Waals surface area (Å²) in [6.07, 6.45) is 4.46. The average Bonchev–Trinajstić information content (AvgIpc) is 2.88. The van der Waals surface area contributed by atoms with E-state index in [2.05, 4.69) is 38.1 Å². The lowest BCUT2D eigenvalue weighted by Crippen LogP contribution is -2.17. The normalized spacial score (nSPS) is 12.4. The van der Waals surface area contributed by atoms with Crippen molar-refractivity contribution in [1.29, 1.82) is 0 Å². The number of rotatable bonds is 6. The molecular weight excluding hydrogens is 306 g/mol. The minimum absolute atomic E-state index is 0.330. The zero-order valence-corrected chi connectivity index (χ0v) is 12.8. The topological polar surface area (TPSA) is 51.0 Å². The lowest BCUT2D eigenvalue weighted by Gasteiger charge is -2.14. The predicted octanol–water partition coefficient (Wildman–Crippen LogP) is 3.83. The van der Waals surface area contributed by atoms with Gasteiger partial charge in [0.05, 0.1) is 6.26 Å². The van der Waals surface area contributed by atoms with Gasteiger partial charge in [-0.3, -0.25) is 0 Å². The highest BCUT2D eigenvalue weighted by Crippen LogP contribution is 2.15. The summed E-state index contributed by atoms with van der Waals surface area (Å²) in [5, 5.41) is 3.40. The number of hydrogen-bond donors (Lipinski definition) is 1. The number of hydrogen-bond acceptors (Lipinski definition) is 4. The second-order valence-electron chi connectivity index (χ2n) is 4.51. The molecule has 0 radical (unpaired) electrons. The number of nitrogens with zero attached hydrogens (tertiary/aromatic N) is 2. The van der Waals surface area contributed by atoms with Gasteiger partial charge in [0.25, 0.3) is 0 Å². The molecule has 2 rings (SSSR count). The fourth-order valence-electron chi connectivity index (χ4n) is 1.83. The Bertz CT molecular complexity index is 513. The molecule has 19 heavy (non-hydrogen) atoms. The van der Waals surface area contributed by atoms with Crippen molar-refractivity contribution in [3.05, 3.63) is 40.7 Å². The largest absolute Gasteiger partial charge is 0.469 e. The van der Waals surface area contributed by atoms with Gasteiger partial charge in [-0.05, 0) is 41.4 Å². The van der Waals surface area contributed by atoms with Gasteiger partial charge in [-0.15, -0.1) is 0 Å². The highest BCUT2D eigenvalue weighted by Gasteiger charge is 2.07. The molecule has 0 aliphatic carbocycles. The van der Waals surface area contributed by atoms with Gasteiger partial charge in [0.1, 0.15) is 22.0 Å². The van der Waals surface area contributed by atoms with Crippen molar-refractivity contribution in [3.63, 3.8) is 0 Å². The van der Waals surface area contributed by atoms with Crippen molar-refractivity contribution >= 4 is 21.7 Å². The molecule has 0 bridgehead atoms. The fraction of sp³-hybridized carbons (Fsp3) is 0.429. The summed E-state index contributed by atoms with van der Waals surface area (Å²) in [6, 6.07) is 6.16. The molecule has 5 heteroatoms. The average molecular weight is 324 g/mol. The third-order valence-electron chi connectivity index (χ3n) is 2.86. The fourth-order valence-corrected chi connectivity index (χ4v) is 2.26. The highest BCUT2D eigenvalue weighted by atomic mass is 79.9. The van der Waals surface area contributed by atoms with E-state index in [4.69, 9.17) is 4.42 Å². The first-order valence-corrected chi connectivity index (χ1v) is 7.29. The molecule has 0 aliphatic rings. The molecule has 0 saturated carbocycles. The lowest BCUT2D eigenvalue weighted by molar-refractivity contribution is 0.495. The first-order valence-electron chi connectivity index (χ1n) is 6.49. The van der Waals surface area contributed by atoms with Crippen LogP contribution in [0.1, 0.15) is 31.9 Å². The van der Waals surface area contributed by atoms with Crippen molar-refractivity contribution < 1.29 is 4.42 Å². The Kier molecular flexibility index (Phi) is 4.96. The molecule has 1 unspecified atom stereocenters. The lowest BCUT2D eigenvalue weighted by atomic mass is 10.1. The van der Waals surface area contributed by atoms with Crippen LogP contribution in [0.25, 0.3) is 0 Å². The van der Waals surface area contributed by atoms with Gasteiger partial charge in [0, 0.05) is 24.9 Å². The number of halogens is 1. The van der Waals surface area contributed by atoms with Crippen molar-refractivity contribution in [2.24, 2.45) is 0 Å². The number of aromatic nitrogens is 2. The van der Waals surface area contributed by atoms with E-state index in [0.29, 0.717) is 6.04 Å². The van der Waals surface area contributed by atoms with Gasteiger partial charge in [-0.1, -0.05) is 6.92 Å². The second-order valence-corrected chi connectivity index (χ2v) is 5.32. The Morgan fingerprint density at radius 3 is 2.95 bits per heavy atom. The third-order valence-corrected chi connectivity index (χ3v) is 3.26. The van der Waals surface area contributed by atoms with Crippen LogP contribution in [0.2, 0.25) is 0 Å². The Labute approximate surface area is 121 Å². The molecule has 0 aromatic carbocycles. The van der Waals surface area contributed by atoms with E-state index in [0.717, 1.165) is 41.3 Å². The predicted molar refractivity (Wildman–Crippen MR) is 79.2 cm³/mol. The molecule has 2 aromatic rings. The summed E-state index contributed by atoms with van der Waals surface area (Å²) in [6.45, 7) is 4.19. The van der Waals surface area contributed by atoms with Crippen LogP contribution in [0.15, 0.2) is 33.5 Å². The Balaban J connectivity index is 1.91. The van der Waals surface area contributed by atoms with E-state index in [1.165, 1.54) is 0 Å². The van der Waals surface area contributed by atoms with Gasteiger partial charge >= 0.3 is 0 Å². The smallest absolute Gasteiger partial charge is 0.131 e. The Morgan fingerprint density at radius 1 is 1.42 bits per heavy atom. The number of nitrogens with one attached hydrogen (secondary N) is 1. The number of aryl methyl sites for hydroxylation is 2. The summed E-state index contributed by atoms with van der Waals surface area (Å²) >= 11 is 3.41. The Hall–Kier alpha value is -1.36. The molecule has 2 aromatic heterocycles. The van der Waals surface area contributed by atoms with Crippen LogP contribution in [0.4, 0.5) is 5.82 Å². The summed E-state index contributed by atoms with van der Waals surface area (Å²) in [4.78, 5) is 8.76. The third kappa shape index (κ3) is 4.35. The number of furan rings is 1. The van der Waals surface area contributed by atoms with E-state index in [1.807, 2.05) is 25.1 Å². The van der Waals surface area contributed by atoms with Crippen LogP contribution in [-0.2, 0) is 12.8 Å². The molecule has 0 fully saturated rings. The van der Waals surface area contributed by atoms with Crippen molar-refractivity contribution in [3.8, 4) is 0 Å². The van der Waals surface area contributed by atoms with Gasteiger partial charge in [-0.2, -0.15) is 0 Å². The van der Waals surface area contributed by atoms with Crippen LogP contribution in [-0.4, -0.2) is 16.0 Å². The summed E-state index contributed by atoms with van der Waals surface area (Å²) in [5.74, 6) is 2.73. The van der Waals surface area contributed by atoms with Crippen LogP contribution >= 0.6 is 15.9 Å². The van der Waals surface area contributed by atoms with Gasteiger partial charge in [0.2, 0.25) is 0 Å². The van der Waals surface area contributed by atoms with Gasteiger partial charge in [-0.25, -0.2) is 9.97 Å². The Morgan fingerprint density at radius 2 is 2.26 bits per heavy atom. The molecule has 4 nitrogen and oxygen atoms in total. The molecule has 0 amide bonds. The molecule has 102 valence electrons. The summed E-state index contributed by atoms with van der Waals surface area (Å²) in [5.41, 5.74) is 0. The standard InChI is InChI=1S/C14H18BrN3O/c1-3-13-17-12(15)9-14(18-13)16-10(2)6-7-11-5-4-8-19-11/h4-5,8-10H,3,6-7H2,1-2H3,(H,16,17,18). The molecule has 0 spiro atoms. The minimum Gasteiger partial charge on any atom is -0.469 e. The first-order chi connectivity index (χ1) is 9.17. The second kappa shape index (κ2) is 6.70. The monoisotopic (exact) mass is 323 g/mol. The molecule has 1 N–H and O–H groups in total. The van der Waals surface area contributed by atoms with Gasteiger partial charge < -0.3 is 9.73 Å².